The first-order valence-electron chi connectivity index (χ1n) is 15.2. The molecule has 3 N–H and O–H groups in total. The molecule has 0 radical (unpaired) electrons. The van der Waals surface area contributed by atoms with Gasteiger partial charge in [0, 0.05) is 18.6 Å². The maximum Gasteiger partial charge on any atom is 0.229 e. The maximum atomic E-state index is 4.84. The van der Waals surface area contributed by atoms with Crippen LogP contribution in [-0.2, 0) is 6.42 Å². The molecule has 0 atom stereocenters. The Morgan fingerprint density at radius 1 is 0.846 bits per heavy atom. The number of hydrogen-bond donors (Lipinski definition) is 3. The molecule has 7 heteroatoms. The largest absolute Gasteiger partial charge is 0.354 e. The summed E-state index contributed by atoms with van der Waals surface area (Å²) in [7, 11) is 0. The first-order valence-corrected chi connectivity index (χ1v) is 15.2. The van der Waals surface area contributed by atoms with Gasteiger partial charge in [0.25, 0.3) is 0 Å². The summed E-state index contributed by atoms with van der Waals surface area (Å²) in [5.74, 6) is 7.01. The molecule has 4 fully saturated rings. The lowest BCUT2D eigenvalue weighted by atomic mass is 9.53. The van der Waals surface area contributed by atoms with Crippen molar-refractivity contribution in [2.75, 3.05) is 48.7 Å². The van der Waals surface area contributed by atoms with Gasteiger partial charge in [-0.25, -0.2) is 0 Å². The summed E-state index contributed by atoms with van der Waals surface area (Å²) in [5, 5.41) is 10.8. The van der Waals surface area contributed by atoms with E-state index in [0.29, 0.717) is 11.9 Å². The van der Waals surface area contributed by atoms with E-state index in [4.69, 9.17) is 15.0 Å². The molecule has 1 aromatic carbocycles. The lowest BCUT2D eigenvalue weighted by molar-refractivity contribution is 0.0103. The van der Waals surface area contributed by atoms with Crippen LogP contribution in [0.3, 0.4) is 0 Å². The Morgan fingerprint density at radius 2 is 1.36 bits per heavy atom. The molecule has 4 saturated carbocycles. The molecule has 212 valence electrons. The SMILES string of the molecule is C#CC.CCN(CC)CCCNc1nc(NCCCc2ccccc2)nc(NC23CC4CC(CC(C4)C2)C3)n1. The summed E-state index contributed by atoms with van der Waals surface area (Å²) in [4.78, 5) is 16.9. The Labute approximate surface area is 236 Å². The van der Waals surface area contributed by atoms with Crippen LogP contribution in [0.5, 0.6) is 0 Å². The number of terminal acetylenes is 1. The molecule has 0 aliphatic heterocycles. The Bertz CT molecular complexity index is 1010. The van der Waals surface area contributed by atoms with Crippen molar-refractivity contribution in [1.82, 2.24) is 19.9 Å². The third kappa shape index (κ3) is 8.57. The number of rotatable bonds is 14. The number of nitrogens with zero attached hydrogens (tertiary/aromatic N) is 4. The van der Waals surface area contributed by atoms with Gasteiger partial charge in [-0.1, -0.05) is 44.2 Å². The van der Waals surface area contributed by atoms with Crippen molar-refractivity contribution in [1.29, 1.82) is 0 Å². The van der Waals surface area contributed by atoms with Crippen LogP contribution in [-0.4, -0.2) is 58.1 Å². The topological polar surface area (TPSA) is 78.0 Å². The van der Waals surface area contributed by atoms with E-state index >= 15 is 0 Å². The van der Waals surface area contributed by atoms with Gasteiger partial charge in [-0.3, -0.25) is 0 Å². The van der Waals surface area contributed by atoms with E-state index < -0.39 is 0 Å². The lowest BCUT2D eigenvalue weighted by Gasteiger charge is -2.56. The van der Waals surface area contributed by atoms with Gasteiger partial charge in [-0.15, -0.1) is 12.3 Å². The maximum absolute atomic E-state index is 4.84. The summed E-state index contributed by atoms with van der Waals surface area (Å²) < 4.78 is 0. The standard InChI is InChI=1S/C29H45N7.C3H4/c1-3-36(4-2)15-9-14-31-27-32-26(30-13-8-12-22-10-6-5-7-11-22)33-28(34-27)35-29-19-23-16-24(20-29)18-25(17-23)21-29;1-3-2/h5-7,10-11,23-25H,3-4,8-9,12-21H2,1-2H3,(H3,30,31,32,33,34,35);1H,2H3. The van der Waals surface area contributed by atoms with Crippen molar-refractivity contribution < 1.29 is 0 Å². The summed E-state index contributed by atoms with van der Waals surface area (Å²) in [6.07, 6.45) is 15.9. The van der Waals surface area contributed by atoms with E-state index in [-0.39, 0.29) is 5.54 Å². The predicted molar refractivity (Wildman–Crippen MR) is 163 cm³/mol. The van der Waals surface area contributed by atoms with Crippen LogP contribution in [0.1, 0.15) is 77.7 Å². The lowest BCUT2D eigenvalue weighted by Crippen LogP contribution is -2.55. The Balaban J connectivity index is 0.00000112. The fourth-order valence-electron chi connectivity index (χ4n) is 7.27. The minimum Gasteiger partial charge on any atom is -0.354 e. The quantitative estimate of drug-likeness (QED) is 0.201. The molecule has 4 aliphatic carbocycles. The molecular formula is C32H49N7. The first-order chi connectivity index (χ1) is 19.0. The highest BCUT2D eigenvalue weighted by Gasteiger charge is 2.51. The van der Waals surface area contributed by atoms with Gasteiger partial charge in [-0.05, 0) is 108 Å². The molecule has 6 rings (SSSR count). The van der Waals surface area contributed by atoms with Crippen molar-refractivity contribution in [2.45, 2.75) is 84.1 Å². The minimum atomic E-state index is 0.181. The monoisotopic (exact) mass is 531 g/mol. The highest BCUT2D eigenvalue weighted by molar-refractivity contribution is 5.44. The van der Waals surface area contributed by atoms with E-state index in [2.05, 4.69) is 77.4 Å². The van der Waals surface area contributed by atoms with Gasteiger partial charge in [-0.2, -0.15) is 15.0 Å². The van der Waals surface area contributed by atoms with Crippen LogP contribution in [0.4, 0.5) is 17.8 Å². The number of benzene rings is 1. The molecule has 0 spiro atoms. The molecule has 1 aromatic heterocycles. The van der Waals surface area contributed by atoms with E-state index in [1.54, 1.807) is 6.92 Å². The molecule has 7 nitrogen and oxygen atoms in total. The third-order valence-electron chi connectivity index (χ3n) is 8.65. The Kier molecular flexibility index (Phi) is 10.8. The average molecular weight is 532 g/mol. The second-order valence-electron chi connectivity index (χ2n) is 11.7. The molecule has 0 unspecified atom stereocenters. The summed E-state index contributed by atoms with van der Waals surface area (Å²) in [6.45, 7) is 11.1. The normalized spacial score (nSPS) is 24.5. The van der Waals surface area contributed by atoms with Crippen LogP contribution in [0, 0.1) is 30.1 Å². The first kappa shape index (κ1) is 29.1. The second kappa shape index (κ2) is 14.5. The van der Waals surface area contributed by atoms with Crippen molar-refractivity contribution in [3.8, 4) is 12.3 Å². The third-order valence-corrected chi connectivity index (χ3v) is 8.65. The van der Waals surface area contributed by atoms with E-state index in [1.807, 2.05) is 0 Å². The molecule has 0 amide bonds. The van der Waals surface area contributed by atoms with Crippen molar-refractivity contribution in [2.24, 2.45) is 17.8 Å². The second-order valence-corrected chi connectivity index (χ2v) is 11.7. The molecule has 0 saturated heterocycles. The average Bonchev–Trinajstić information content (AvgIpc) is 2.91. The molecule has 4 bridgehead atoms. The minimum absolute atomic E-state index is 0.181. The highest BCUT2D eigenvalue weighted by Crippen LogP contribution is 2.56. The van der Waals surface area contributed by atoms with Crippen LogP contribution in [0.15, 0.2) is 30.3 Å². The highest BCUT2D eigenvalue weighted by atomic mass is 15.3. The number of anilines is 3. The van der Waals surface area contributed by atoms with Crippen LogP contribution >= 0.6 is 0 Å². The number of nitrogens with one attached hydrogen (secondary N) is 3. The molecule has 4 aliphatic rings. The fourth-order valence-corrected chi connectivity index (χ4v) is 7.27. The molecule has 1 heterocycles. The van der Waals surface area contributed by atoms with E-state index in [1.165, 1.54) is 44.1 Å². The zero-order chi connectivity index (χ0) is 27.5. The van der Waals surface area contributed by atoms with Crippen LogP contribution in [0.25, 0.3) is 0 Å². The number of aryl methyl sites for hydroxylation is 1. The van der Waals surface area contributed by atoms with Crippen molar-refractivity contribution in [3.63, 3.8) is 0 Å². The fraction of sp³-hybridized carbons (Fsp3) is 0.656. The Morgan fingerprint density at radius 3 is 1.90 bits per heavy atom. The zero-order valence-corrected chi connectivity index (χ0v) is 24.4. The summed E-state index contributed by atoms with van der Waals surface area (Å²) in [5.41, 5.74) is 1.55. The molecule has 39 heavy (non-hydrogen) atoms. The molecule has 2 aromatic rings. The van der Waals surface area contributed by atoms with Crippen molar-refractivity contribution >= 4 is 17.8 Å². The van der Waals surface area contributed by atoms with Crippen LogP contribution < -0.4 is 16.0 Å². The van der Waals surface area contributed by atoms with Gasteiger partial charge in [0.15, 0.2) is 0 Å². The van der Waals surface area contributed by atoms with Crippen LogP contribution in [0.2, 0.25) is 0 Å². The predicted octanol–water partition coefficient (Wildman–Crippen LogP) is 6.08. The van der Waals surface area contributed by atoms with E-state index in [0.717, 1.165) is 75.7 Å². The van der Waals surface area contributed by atoms with Gasteiger partial charge in [0.1, 0.15) is 0 Å². The number of hydrogen-bond acceptors (Lipinski definition) is 7. The van der Waals surface area contributed by atoms with Crippen molar-refractivity contribution in [3.05, 3.63) is 35.9 Å². The van der Waals surface area contributed by atoms with Gasteiger partial charge >= 0.3 is 0 Å². The zero-order valence-electron chi connectivity index (χ0n) is 24.4. The van der Waals surface area contributed by atoms with Gasteiger partial charge in [0.05, 0.1) is 0 Å². The van der Waals surface area contributed by atoms with E-state index in [9.17, 15) is 0 Å². The van der Waals surface area contributed by atoms with Gasteiger partial charge in [0.2, 0.25) is 17.8 Å². The molecular weight excluding hydrogens is 482 g/mol. The van der Waals surface area contributed by atoms with Gasteiger partial charge < -0.3 is 20.9 Å². The summed E-state index contributed by atoms with van der Waals surface area (Å²) >= 11 is 0. The smallest absolute Gasteiger partial charge is 0.229 e. The Hall–Kier alpha value is -2.85. The summed E-state index contributed by atoms with van der Waals surface area (Å²) in [6, 6.07) is 10.7. The number of aromatic nitrogens is 3.